The third-order valence-corrected chi connectivity index (χ3v) is 5.17. The summed E-state index contributed by atoms with van der Waals surface area (Å²) < 4.78 is 0. The molecule has 1 aliphatic heterocycles. The summed E-state index contributed by atoms with van der Waals surface area (Å²) in [5, 5.41) is 0. The number of carbonyl (C=O) groups excluding carboxylic acids is 1. The molecule has 1 saturated carbocycles. The third kappa shape index (κ3) is 3.46. The highest BCUT2D eigenvalue weighted by Gasteiger charge is 2.32. The lowest BCUT2D eigenvalue weighted by Crippen LogP contribution is -2.39. The first-order valence-electron chi connectivity index (χ1n) is 8.33. The Morgan fingerprint density at radius 1 is 1.14 bits per heavy atom. The van der Waals surface area contributed by atoms with Gasteiger partial charge in [0.1, 0.15) is 0 Å². The molecule has 1 saturated heterocycles. The number of hydrogen-bond acceptors (Lipinski definition) is 2. The van der Waals surface area contributed by atoms with Crippen molar-refractivity contribution in [2.24, 2.45) is 11.7 Å². The molecule has 3 atom stereocenters. The Hall–Kier alpha value is -1.35. The van der Waals surface area contributed by atoms with Crippen molar-refractivity contribution in [3.63, 3.8) is 0 Å². The van der Waals surface area contributed by atoms with Gasteiger partial charge >= 0.3 is 0 Å². The van der Waals surface area contributed by atoms with E-state index in [1.807, 2.05) is 6.07 Å². The normalized spacial score (nSPS) is 29.0. The summed E-state index contributed by atoms with van der Waals surface area (Å²) in [5.41, 5.74) is 7.45. The molecule has 2 N–H and O–H groups in total. The van der Waals surface area contributed by atoms with Gasteiger partial charge in [0.2, 0.25) is 5.91 Å². The summed E-state index contributed by atoms with van der Waals surface area (Å²) in [6, 6.07) is 11.1. The van der Waals surface area contributed by atoms with Gasteiger partial charge in [0.15, 0.2) is 0 Å². The lowest BCUT2D eigenvalue weighted by Gasteiger charge is -2.27. The van der Waals surface area contributed by atoms with E-state index in [4.69, 9.17) is 5.73 Å². The average Bonchev–Trinajstić information content (AvgIpc) is 3.10. The molecule has 1 amide bonds. The van der Waals surface area contributed by atoms with Gasteiger partial charge in [-0.15, -0.1) is 0 Å². The Kier molecular flexibility index (Phi) is 4.59. The van der Waals surface area contributed by atoms with Crippen molar-refractivity contribution in [1.29, 1.82) is 0 Å². The first kappa shape index (κ1) is 14.6. The minimum absolute atomic E-state index is 0.240. The summed E-state index contributed by atoms with van der Waals surface area (Å²) in [6.45, 7) is 0.929. The van der Waals surface area contributed by atoms with Gasteiger partial charge in [0.05, 0.1) is 0 Å². The highest BCUT2D eigenvalue weighted by Crippen LogP contribution is 2.29. The van der Waals surface area contributed by atoms with E-state index in [2.05, 4.69) is 29.2 Å². The minimum Gasteiger partial charge on any atom is -0.339 e. The van der Waals surface area contributed by atoms with E-state index in [1.54, 1.807) is 0 Å². The Bertz CT molecular complexity index is 473. The van der Waals surface area contributed by atoms with Gasteiger partial charge in [-0.2, -0.15) is 0 Å². The van der Waals surface area contributed by atoms with E-state index in [9.17, 15) is 4.79 Å². The van der Waals surface area contributed by atoms with Crippen LogP contribution < -0.4 is 5.73 Å². The van der Waals surface area contributed by atoms with Crippen LogP contribution in [0.2, 0.25) is 0 Å². The quantitative estimate of drug-likeness (QED) is 0.925. The molecule has 0 aromatic heterocycles. The summed E-state index contributed by atoms with van der Waals surface area (Å²) in [7, 11) is 0. The van der Waals surface area contributed by atoms with Crippen LogP contribution in [0, 0.1) is 5.92 Å². The summed E-state index contributed by atoms with van der Waals surface area (Å²) in [5.74, 6) is 0.742. The van der Waals surface area contributed by atoms with Gasteiger partial charge in [-0.05, 0) is 43.6 Å². The van der Waals surface area contributed by atoms with Gasteiger partial charge in [-0.1, -0.05) is 36.8 Å². The Labute approximate surface area is 127 Å². The molecule has 0 bridgehead atoms. The molecule has 1 aliphatic carbocycles. The predicted molar refractivity (Wildman–Crippen MR) is 84.8 cm³/mol. The first-order chi connectivity index (χ1) is 10.2. The molecule has 2 fully saturated rings. The molecule has 3 rings (SSSR count). The molecule has 3 nitrogen and oxygen atoms in total. The van der Waals surface area contributed by atoms with Crippen LogP contribution in [-0.2, 0) is 11.2 Å². The molecule has 114 valence electrons. The maximum absolute atomic E-state index is 12.6. The number of benzene rings is 1. The Balaban J connectivity index is 1.59. The van der Waals surface area contributed by atoms with Gasteiger partial charge in [0, 0.05) is 25.0 Å². The highest BCUT2D eigenvalue weighted by molar-refractivity contribution is 5.77. The van der Waals surface area contributed by atoms with Crippen LogP contribution in [0.25, 0.3) is 0 Å². The molecule has 1 heterocycles. The molecule has 1 aromatic rings. The van der Waals surface area contributed by atoms with Crippen molar-refractivity contribution < 1.29 is 4.79 Å². The maximum atomic E-state index is 12.6. The molecule has 1 aromatic carbocycles. The molecule has 2 aliphatic rings. The number of amides is 1. The summed E-state index contributed by atoms with van der Waals surface area (Å²) in [4.78, 5) is 14.7. The fourth-order valence-corrected chi connectivity index (χ4v) is 3.92. The summed E-state index contributed by atoms with van der Waals surface area (Å²) in [6.07, 6.45) is 7.33. The van der Waals surface area contributed by atoms with Crippen molar-refractivity contribution >= 4 is 5.91 Å². The van der Waals surface area contributed by atoms with E-state index in [-0.39, 0.29) is 6.04 Å². The zero-order valence-electron chi connectivity index (χ0n) is 12.7. The van der Waals surface area contributed by atoms with Crippen LogP contribution in [0.3, 0.4) is 0 Å². The van der Waals surface area contributed by atoms with Crippen LogP contribution in [0.15, 0.2) is 30.3 Å². The largest absolute Gasteiger partial charge is 0.339 e. The number of hydrogen-bond donors (Lipinski definition) is 1. The Morgan fingerprint density at radius 3 is 2.67 bits per heavy atom. The monoisotopic (exact) mass is 286 g/mol. The predicted octanol–water partition coefficient (Wildman–Crippen LogP) is 2.74. The second-order valence-corrected chi connectivity index (χ2v) is 6.63. The fraction of sp³-hybridized carbons (Fsp3) is 0.611. The lowest BCUT2D eigenvalue weighted by molar-refractivity contribution is -0.133. The molecular weight excluding hydrogens is 260 g/mol. The number of carbonyl (C=O) groups is 1. The van der Waals surface area contributed by atoms with E-state index >= 15 is 0 Å². The fourth-order valence-electron chi connectivity index (χ4n) is 3.92. The zero-order chi connectivity index (χ0) is 14.7. The van der Waals surface area contributed by atoms with Gasteiger partial charge in [-0.25, -0.2) is 0 Å². The zero-order valence-corrected chi connectivity index (χ0v) is 12.7. The number of likely N-dealkylation sites (tertiary alicyclic amines) is 1. The number of nitrogens with two attached hydrogens (primary N) is 1. The number of nitrogens with zero attached hydrogens (tertiary/aromatic N) is 1. The van der Waals surface area contributed by atoms with E-state index in [1.165, 1.54) is 12.0 Å². The topological polar surface area (TPSA) is 46.3 Å². The number of rotatable bonds is 4. The summed E-state index contributed by atoms with van der Waals surface area (Å²) >= 11 is 0. The van der Waals surface area contributed by atoms with Crippen LogP contribution >= 0.6 is 0 Å². The minimum atomic E-state index is 0.240. The van der Waals surface area contributed by atoms with Crippen molar-refractivity contribution in [2.45, 2.75) is 57.0 Å². The molecule has 0 radical (unpaired) electrons. The van der Waals surface area contributed by atoms with E-state index < -0.39 is 0 Å². The maximum Gasteiger partial charge on any atom is 0.223 e. The smallest absolute Gasteiger partial charge is 0.223 e. The van der Waals surface area contributed by atoms with Crippen LogP contribution in [0.4, 0.5) is 0 Å². The molecule has 0 spiro atoms. The van der Waals surface area contributed by atoms with Crippen LogP contribution in [0.1, 0.15) is 44.1 Å². The van der Waals surface area contributed by atoms with Crippen molar-refractivity contribution in [1.82, 2.24) is 4.90 Å². The highest BCUT2D eigenvalue weighted by atomic mass is 16.2. The van der Waals surface area contributed by atoms with Crippen molar-refractivity contribution in [3.05, 3.63) is 35.9 Å². The molecule has 1 unspecified atom stereocenters. The molecule has 3 heteroatoms. The van der Waals surface area contributed by atoms with Gasteiger partial charge in [-0.3, -0.25) is 4.79 Å². The SMILES string of the molecule is N[C@@H]1CCC[C@H]1CC(=O)N1CCCC1Cc1ccccc1. The van der Waals surface area contributed by atoms with Crippen LogP contribution in [0.5, 0.6) is 0 Å². The Morgan fingerprint density at radius 2 is 1.95 bits per heavy atom. The second kappa shape index (κ2) is 6.61. The third-order valence-electron chi connectivity index (χ3n) is 5.17. The molecule has 21 heavy (non-hydrogen) atoms. The standard InChI is InChI=1S/C18H26N2O/c19-17-10-4-8-15(17)13-18(21)20-11-5-9-16(20)12-14-6-2-1-3-7-14/h1-3,6-7,15-17H,4-5,8-13,19H2/t15-,16?,17+/m0/s1. The van der Waals surface area contributed by atoms with Crippen molar-refractivity contribution in [2.75, 3.05) is 6.54 Å². The lowest BCUT2D eigenvalue weighted by atomic mass is 9.98. The van der Waals surface area contributed by atoms with Crippen molar-refractivity contribution in [3.8, 4) is 0 Å². The van der Waals surface area contributed by atoms with E-state index in [0.717, 1.165) is 38.6 Å². The van der Waals surface area contributed by atoms with Gasteiger partial charge < -0.3 is 10.6 Å². The van der Waals surface area contributed by atoms with E-state index in [0.29, 0.717) is 24.3 Å². The average molecular weight is 286 g/mol. The van der Waals surface area contributed by atoms with Crippen LogP contribution in [-0.4, -0.2) is 29.4 Å². The first-order valence-corrected chi connectivity index (χ1v) is 8.33. The molecular formula is C18H26N2O. The van der Waals surface area contributed by atoms with Gasteiger partial charge in [0.25, 0.3) is 0 Å². The second-order valence-electron chi connectivity index (χ2n) is 6.63.